The molecule has 0 saturated carbocycles. The Morgan fingerprint density at radius 2 is 2.12 bits per heavy atom. The van der Waals surface area contributed by atoms with Crippen LogP contribution in [0.3, 0.4) is 0 Å². The van der Waals surface area contributed by atoms with E-state index in [0.717, 1.165) is 16.6 Å². The van der Waals surface area contributed by atoms with Gasteiger partial charge in [-0.05, 0) is 11.6 Å². The SMILES string of the molecule is OCc1c(C(O)N2CC=C(c3nccs3)C2)nc2c(C(F)(F)F)cc(-c3cn[nH]c3)cn12. The van der Waals surface area contributed by atoms with Crippen LogP contribution in [-0.2, 0) is 12.8 Å². The summed E-state index contributed by atoms with van der Waals surface area (Å²) in [6.07, 6.45) is 1.94. The van der Waals surface area contributed by atoms with E-state index in [1.807, 2.05) is 11.5 Å². The number of alkyl halides is 3. The van der Waals surface area contributed by atoms with E-state index in [1.54, 1.807) is 11.1 Å². The van der Waals surface area contributed by atoms with Crippen LogP contribution in [0.15, 0.2) is 42.3 Å². The van der Waals surface area contributed by atoms with Crippen LogP contribution in [0.25, 0.3) is 22.3 Å². The number of hydrogen-bond donors (Lipinski definition) is 3. The van der Waals surface area contributed by atoms with Gasteiger partial charge in [-0.3, -0.25) is 10.00 Å². The Kier molecular flexibility index (Phi) is 5.08. The summed E-state index contributed by atoms with van der Waals surface area (Å²) in [4.78, 5) is 10.0. The van der Waals surface area contributed by atoms with E-state index < -0.39 is 24.6 Å². The van der Waals surface area contributed by atoms with Gasteiger partial charge in [0.2, 0.25) is 0 Å². The number of hydrogen-bond acceptors (Lipinski definition) is 7. The molecule has 4 aromatic heterocycles. The average Bonchev–Trinajstić information content (AvgIpc) is 3.56. The third kappa shape index (κ3) is 3.50. The highest BCUT2D eigenvalue weighted by molar-refractivity contribution is 7.10. The van der Waals surface area contributed by atoms with Gasteiger partial charge >= 0.3 is 6.18 Å². The number of halogens is 3. The van der Waals surface area contributed by atoms with Gasteiger partial charge in [-0.25, -0.2) is 9.97 Å². The molecule has 0 aromatic carbocycles. The second kappa shape index (κ2) is 7.81. The maximum Gasteiger partial charge on any atom is 0.420 e. The van der Waals surface area contributed by atoms with Crippen molar-refractivity contribution in [3.05, 3.63) is 64.3 Å². The number of nitrogens with zero attached hydrogens (tertiary/aromatic N) is 5. The van der Waals surface area contributed by atoms with Crippen molar-refractivity contribution in [2.45, 2.75) is 19.0 Å². The van der Waals surface area contributed by atoms with E-state index in [4.69, 9.17) is 0 Å². The number of aliphatic hydroxyl groups excluding tert-OH is 2. The number of aromatic nitrogens is 5. The van der Waals surface area contributed by atoms with E-state index in [0.29, 0.717) is 18.7 Å². The van der Waals surface area contributed by atoms with Gasteiger partial charge in [-0.15, -0.1) is 11.3 Å². The third-order valence-electron chi connectivity index (χ3n) is 5.38. The molecule has 1 aliphatic rings. The van der Waals surface area contributed by atoms with Crippen molar-refractivity contribution in [3.8, 4) is 11.1 Å². The number of rotatable bonds is 5. The third-order valence-corrected chi connectivity index (χ3v) is 6.23. The minimum Gasteiger partial charge on any atom is -0.390 e. The zero-order valence-electron chi connectivity index (χ0n) is 16.4. The minimum atomic E-state index is -4.69. The lowest BCUT2D eigenvalue weighted by atomic mass is 10.1. The normalized spacial score (nSPS) is 16.1. The Bertz CT molecular complexity index is 1280. The summed E-state index contributed by atoms with van der Waals surface area (Å²) in [6.45, 7) is 0.140. The van der Waals surface area contributed by atoms with Crippen LogP contribution in [0.1, 0.15) is 28.2 Å². The van der Waals surface area contributed by atoms with E-state index >= 15 is 0 Å². The molecule has 3 N–H and O–H groups in total. The Morgan fingerprint density at radius 1 is 1.28 bits per heavy atom. The molecule has 0 saturated heterocycles. The lowest BCUT2D eigenvalue weighted by molar-refractivity contribution is -0.136. The molecule has 166 valence electrons. The maximum absolute atomic E-state index is 13.9. The zero-order chi connectivity index (χ0) is 22.5. The van der Waals surface area contributed by atoms with Gasteiger partial charge in [0.15, 0.2) is 6.23 Å². The number of pyridine rings is 1. The second-order valence-corrected chi connectivity index (χ2v) is 8.19. The lowest BCUT2D eigenvalue weighted by Crippen LogP contribution is -2.27. The van der Waals surface area contributed by atoms with Crippen LogP contribution in [0.4, 0.5) is 13.2 Å². The van der Waals surface area contributed by atoms with Crippen molar-refractivity contribution in [3.63, 3.8) is 0 Å². The van der Waals surface area contributed by atoms with Crippen molar-refractivity contribution >= 4 is 22.6 Å². The fraction of sp³-hybridized carbons (Fsp3) is 0.250. The number of imidazole rings is 1. The summed E-state index contributed by atoms with van der Waals surface area (Å²) in [5.41, 5.74) is 0.353. The molecule has 1 unspecified atom stereocenters. The van der Waals surface area contributed by atoms with E-state index in [9.17, 15) is 23.4 Å². The van der Waals surface area contributed by atoms with E-state index in [2.05, 4.69) is 20.2 Å². The van der Waals surface area contributed by atoms with Gasteiger partial charge in [0.05, 0.1) is 24.1 Å². The van der Waals surface area contributed by atoms with Crippen molar-refractivity contribution < 1.29 is 23.4 Å². The smallest absolute Gasteiger partial charge is 0.390 e. The monoisotopic (exact) mass is 462 g/mol. The molecule has 12 heteroatoms. The summed E-state index contributed by atoms with van der Waals surface area (Å²) in [6, 6.07) is 0.989. The molecule has 0 spiro atoms. The number of H-pyrrole nitrogens is 1. The number of thiazole rings is 1. The topological polar surface area (TPSA) is 103 Å². The van der Waals surface area contributed by atoms with Crippen LogP contribution >= 0.6 is 11.3 Å². The highest BCUT2D eigenvalue weighted by Crippen LogP contribution is 2.37. The van der Waals surface area contributed by atoms with Crippen molar-refractivity contribution in [1.82, 2.24) is 29.5 Å². The Hall–Kier alpha value is -3.06. The first-order valence-corrected chi connectivity index (χ1v) is 10.5. The summed E-state index contributed by atoms with van der Waals surface area (Å²) in [7, 11) is 0. The Balaban J connectivity index is 1.58. The minimum absolute atomic E-state index is 0.0175. The van der Waals surface area contributed by atoms with Crippen LogP contribution in [-0.4, -0.2) is 52.8 Å². The highest BCUT2D eigenvalue weighted by atomic mass is 32.1. The van der Waals surface area contributed by atoms with Gasteiger partial charge in [0.25, 0.3) is 0 Å². The molecule has 0 aliphatic carbocycles. The molecule has 5 rings (SSSR count). The largest absolute Gasteiger partial charge is 0.420 e. The molecule has 0 radical (unpaired) electrons. The van der Waals surface area contributed by atoms with Crippen LogP contribution < -0.4 is 0 Å². The van der Waals surface area contributed by atoms with Crippen molar-refractivity contribution in [2.75, 3.05) is 13.1 Å². The van der Waals surface area contributed by atoms with Gasteiger partial charge in [0.1, 0.15) is 16.3 Å². The van der Waals surface area contributed by atoms with Gasteiger partial charge in [-0.2, -0.15) is 18.3 Å². The zero-order valence-corrected chi connectivity index (χ0v) is 17.2. The summed E-state index contributed by atoms with van der Waals surface area (Å²) < 4.78 is 42.8. The van der Waals surface area contributed by atoms with Crippen molar-refractivity contribution in [2.24, 2.45) is 0 Å². The van der Waals surface area contributed by atoms with Gasteiger partial charge < -0.3 is 14.6 Å². The molecular weight excluding hydrogens is 445 g/mol. The van der Waals surface area contributed by atoms with Crippen LogP contribution in [0, 0.1) is 0 Å². The van der Waals surface area contributed by atoms with Crippen molar-refractivity contribution in [1.29, 1.82) is 0 Å². The second-order valence-electron chi connectivity index (χ2n) is 7.29. The molecule has 8 nitrogen and oxygen atoms in total. The number of aromatic amines is 1. The van der Waals surface area contributed by atoms with Crippen LogP contribution in [0.5, 0.6) is 0 Å². The molecule has 32 heavy (non-hydrogen) atoms. The first-order chi connectivity index (χ1) is 15.4. The van der Waals surface area contributed by atoms with E-state index in [-0.39, 0.29) is 22.6 Å². The molecular formula is C20H17F3N6O2S. The summed E-state index contributed by atoms with van der Waals surface area (Å²) in [5.74, 6) is 0. The number of fused-ring (bicyclic) bond motifs is 1. The maximum atomic E-state index is 13.9. The predicted octanol–water partition coefficient (Wildman–Crippen LogP) is 3.08. The molecule has 0 fully saturated rings. The fourth-order valence-corrected chi connectivity index (χ4v) is 4.49. The molecule has 5 heterocycles. The standard InChI is InChI=1S/C20H17F3N6O2S/c21-20(22,23)14-5-12(13-6-25-26-7-13)9-29-15(10-30)16(27-17(14)29)19(31)28-3-1-11(8-28)18-24-2-4-32-18/h1-2,4-7,9,19,30-31H,3,8,10H2,(H,25,26). The molecule has 1 aliphatic heterocycles. The fourth-order valence-electron chi connectivity index (χ4n) is 3.82. The lowest BCUT2D eigenvalue weighted by Gasteiger charge is -2.22. The molecule has 4 aromatic rings. The number of aliphatic hydroxyl groups is 2. The highest BCUT2D eigenvalue weighted by Gasteiger charge is 2.37. The van der Waals surface area contributed by atoms with Gasteiger partial charge in [-0.1, -0.05) is 6.08 Å². The number of nitrogens with one attached hydrogen (secondary N) is 1. The first kappa shape index (κ1) is 20.8. The molecule has 0 amide bonds. The van der Waals surface area contributed by atoms with Crippen LogP contribution in [0.2, 0.25) is 0 Å². The van der Waals surface area contributed by atoms with E-state index in [1.165, 1.54) is 34.3 Å². The van der Waals surface area contributed by atoms with Gasteiger partial charge in [0, 0.05) is 48.2 Å². The summed E-state index contributed by atoms with van der Waals surface area (Å²) >= 11 is 1.47. The predicted molar refractivity (Wildman–Crippen MR) is 110 cm³/mol. The average molecular weight is 462 g/mol. The quantitative estimate of drug-likeness (QED) is 0.421. The first-order valence-electron chi connectivity index (χ1n) is 9.60. The summed E-state index contributed by atoms with van der Waals surface area (Å²) in [5, 5.41) is 30.0. The molecule has 0 bridgehead atoms. The Labute approximate surface area is 183 Å². The Morgan fingerprint density at radius 3 is 2.78 bits per heavy atom. The molecule has 1 atom stereocenters.